The van der Waals surface area contributed by atoms with E-state index in [2.05, 4.69) is 5.32 Å². The molecule has 2 N–H and O–H groups in total. The predicted octanol–water partition coefficient (Wildman–Crippen LogP) is 1.54. The Labute approximate surface area is 144 Å². The third-order valence-corrected chi connectivity index (χ3v) is 4.17. The highest BCUT2D eigenvalue weighted by atomic mass is 35.5. The second-order valence-electron chi connectivity index (χ2n) is 5.57. The lowest BCUT2D eigenvalue weighted by Gasteiger charge is -2.25. The summed E-state index contributed by atoms with van der Waals surface area (Å²) in [4.78, 5) is 37.4. The average molecular weight is 355 g/mol. The number of nitrogens with one attached hydrogen (secondary N) is 1. The van der Waals surface area contributed by atoms with Crippen LogP contribution in [0.3, 0.4) is 0 Å². The molecule has 0 aliphatic carbocycles. The van der Waals surface area contributed by atoms with Gasteiger partial charge in [0, 0.05) is 11.6 Å². The number of carbonyl (C=O) groups is 3. The smallest absolute Gasteiger partial charge is 0.325 e. The summed E-state index contributed by atoms with van der Waals surface area (Å²) < 4.78 is 5.19. The Balaban J connectivity index is 2.21. The molecule has 1 aromatic carbocycles. The summed E-state index contributed by atoms with van der Waals surface area (Å²) in [7, 11) is 1.45. The van der Waals surface area contributed by atoms with Crippen molar-refractivity contribution in [3.63, 3.8) is 0 Å². The van der Waals surface area contributed by atoms with Crippen LogP contribution in [0.1, 0.15) is 30.1 Å². The first-order chi connectivity index (χ1) is 11.3. The second kappa shape index (κ2) is 7.53. The highest BCUT2D eigenvalue weighted by Gasteiger charge is 2.36. The molecule has 1 heterocycles. The maximum absolute atomic E-state index is 12.8. The van der Waals surface area contributed by atoms with Gasteiger partial charge in [0.15, 0.2) is 0 Å². The van der Waals surface area contributed by atoms with E-state index in [4.69, 9.17) is 21.4 Å². The minimum absolute atomic E-state index is 0.274. The molecular weight excluding hydrogens is 336 g/mol. The van der Waals surface area contributed by atoms with Gasteiger partial charge in [0.25, 0.3) is 5.91 Å². The molecule has 24 heavy (non-hydrogen) atoms. The monoisotopic (exact) mass is 354 g/mol. The van der Waals surface area contributed by atoms with E-state index >= 15 is 0 Å². The fraction of sp³-hybridized carbons (Fsp3) is 0.438. The van der Waals surface area contributed by atoms with E-state index in [1.165, 1.54) is 25.0 Å². The number of likely N-dealkylation sites (tertiary alicyclic amines) is 1. The fourth-order valence-electron chi connectivity index (χ4n) is 2.66. The number of carboxylic acid groups (broad SMARTS) is 1. The molecule has 0 saturated carbocycles. The van der Waals surface area contributed by atoms with Crippen molar-refractivity contribution in [1.29, 1.82) is 0 Å². The SMILES string of the molecule is COc1ccc(Cl)cc1C(=O)N1CCCC1C(=O)N[C@@H](C)C(=O)O. The lowest BCUT2D eigenvalue weighted by molar-refractivity contribution is -0.141. The van der Waals surface area contributed by atoms with Crippen molar-refractivity contribution in [2.75, 3.05) is 13.7 Å². The molecule has 0 aromatic heterocycles. The Hall–Kier alpha value is -2.28. The maximum Gasteiger partial charge on any atom is 0.325 e. The summed E-state index contributed by atoms with van der Waals surface area (Å²) in [6.45, 7) is 1.79. The Morgan fingerprint density at radius 2 is 2.12 bits per heavy atom. The Kier molecular flexibility index (Phi) is 5.66. The summed E-state index contributed by atoms with van der Waals surface area (Å²) in [5.74, 6) is -1.60. The molecule has 1 saturated heterocycles. The van der Waals surface area contributed by atoms with Crippen molar-refractivity contribution in [2.24, 2.45) is 0 Å². The number of hydrogen-bond acceptors (Lipinski definition) is 4. The van der Waals surface area contributed by atoms with Crippen LogP contribution < -0.4 is 10.1 Å². The van der Waals surface area contributed by atoms with Crippen LogP contribution in [-0.4, -0.2) is 53.5 Å². The molecule has 1 aliphatic heterocycles. The van der Waals surface area contributed by atoms with Crippen molar-refractivity contribution in [3.05, 3.63) is 28.8 Å². The lowest BCUT2D eigenvalue weighted by atomic mass is 10.1. The summed E-state index contributed by atoms with van der Waals surface area (Å²) >= 11 is 5.96. The van der Waals surface area contributed by atoms with Gasteiger partial charge in [-0.15, -0.1) is 0 Å². The molecule has 1 unspecified atom stereocenters. The molecule has 130 valence electrons. The van der Waals surface area contributed by atoms with Crippen LogP contribution in [0.2, 0.25) is 5.02 Å². The molecule has 2 rings (SSSR count). The van der Waals surface area contributed by atoms with Gasteiger partial charge in [0.05, 0.1) is 12.7 Å². The predicted molar refractivity (Wildman–Crippen MR) is 87.3 cm³/mol. The molecule has 1 aliphatic rings. The van der Waals surface area contributed by atoms with E-state index in [1.807, 2.05) is 0 Å². The van der Waals surface area contributed by atoms with E-state index in [9.17, 15) is 14.4 Å². The van der Waals surface area contributed by atoms with E-state index in [-0.39, 0.29) is 11.5 Å². The number of rotatable bonds is 5. The van der Waals surface area contributed by atoms with Crippen LogP contribution in [0.5, 0.6) is 5.75 Å². The van der Waals surface area contributed by atoms with Gasteiger partial charge in [0.2, 0.25) is 5.91 Å². The van der Waals surface area contributed by atoms with Crippen molar-refractivity contribution < 1.29 is 24.2 Å². The zero-order chi connectivity index (χ0) is 17.9. The third-order valence-electron chi connectivity index (χ3n) is 3.94. The summed E-state index contributed by atoms with van der Waals surface area (Å²) in [5, 5.41) is 11.7. The standard InChI is InChI=1S/C16H19ClN2O5/c1-9(16(22)23)18-14(20)12-4-3-7-19(12)15(21)11-8-10(17)5-6-13(11)24-2/h5-6,8-9,12H,3-4,7H2,1-2H3,(H,18,20)(H,22,23)/t9-,12?/m0/s1. The number of aliphatic carboxylic acids is 1. The number of amides is 2. The van der Waals surface area contributed by atoms with Crippen molar-refractivity contribution in [2.45, 2.75) is 31.8 Å². The number of carbonyl (C=O) groups excluding carboxylic acids is 2. The summed E-state index contributed by atoms with van der Waals surface area (Å²) in [6, 6.07) is 2.97. The van der Waals surface area contributed by atoms with Gasteiger partial charge in [-0.2, -0.15) is 0 Å². The lowest BCUT2D eigenvalue weighted by Crippen LogP contribution is -2.50. The van der Waals surface area contributed by atoms with E-state index in [1.54, 1.807) is 12.1 Å². The van der Waals surface area contributed by atoms with Gasteiger partial charge in [-0.25, -0.2) is 0 Å². The quantitative estimate of drug-likeness (QED) is 0.836. The number of ether oxygens (including phenoxy) is 1. The first-order valence-corrected chi connectivity index (χ1v) is 7.90. The minimum atomic E-state index is -1.13. The largest absolute Gasteiger partial charge is 0.496 e. The number of halogens is 1. The molecule has 2 amide bonds. The maximum atomic E-state index is 12.8. The van der Waals surface area contributed by atoms with Crippen LogP contribution in [0.4, 0.5) is 0 Å². The van der Waals surface area contributed by atoms with Crippen LogP contribution in [-0.2, 0) is 9.59 Å². The van der Waals surface area contributed by atoms with Gasteiger partial charge in [-0.1, -0.05) is 11.6 Å². The van der Waals surface area contributed by atoms with E-state index in [0.29, 0.717) is 30.2 Å². The molecule has 8 heteroatoms. The summed E-state index contributed by atoms with van der Waals surface area (Å²) in [6.07, 6.45) is 1.14. The van der Waals surface area contributed by atoms with Gasteiger partial charge in [-0.3, -0.25) is 14.4 Å². The zero-order valence-electron chi connectivity index (χ0n) is 13.4. The van der Waals surface area contributed by atoms with Crippen LogP contribution in [0.25, 0.3) is 0 Å². The molecule has 0 spiro atoms. The number of benzene rings is 1. The average Bonchev–Trinajstić information content (AvgIpc) is 3.03. The van der Waals surface area contributed by atoms with Gasteiger partial charge in [-0.05, 0) is 38.0 Å². The summed E-state index contributed by atoms with van der Waals surface area (Å²) in [5.41, 5.74) is 0.274. The Bertz CT molecular complexity index is 664. The zero-order valence-corrected chi connectivity index (χ0v) is 14.2. The van der Waals surface area contributed by atoms with Crippen LogP contribution in [0.15, 0.2) is 18.2 Å². The van der Waals surface area contributed by atoms with E-state index in [0.717, 1.165) is 0 Å². The third kappa shape index (κ3) is 3.79. The van der Waals surface area contributed by atoms with E-state index < -0.39 is 24.0 Å². The van der Waals surface area contributed by atoms with Crippen molar-refractivity contribution in [1.82, 2.24) is 10.2 Å². The van der Waals surface area contributed by atoms with Gasteiger partial charge < -0.3 is 20.1 Å². The molecule has 1 aromatic rings. The highest BCUT2D eigenvalue weighted by Crippen LogP contribution is 2.27. The molecule has 7 nitrogen and oxygen atoms in total. The molecular formula is C16H19ClN2O5. The second-order valence-corrected chi connectivity index (χ2v) is 6.01. The van der Waals surface area contributed by atoms with Gasteiger partial charge in [0.1, 0.15) is 17.8 Å². The van der Waals surface area contributed by atoms with Crippen molar-refractivity contribution >= 4 is 29.4 Å². The number of methoxy groups -OCH3 is 1. The van der Waals surface area contributed by atoms with Crippen LogP contribution >= 0.6 is 11.6 Å². The normalized spacial score (nSPS) is 18.1. The van der Waals surface area contributed by atoms with Crippen LogP contribution in [0, 0.1) is 0 Å². The Morgan fingerprint density at radius 1 is 1.42 bits per heavy atom. The molecule has 1 fully saturated rings. The van der Waals surface area contributed by atoms with Crippen molar-refractivity contribution in [3.8, 4) is 5.75 Å². The first kappa shape index (κ1) is 18.1. The minimum Gasteiger partial charge on any atom is -0.496 e. The highest BCUT2D eigenvalue weighted by molar-refractivity contribution is 6.31. The molecule has 0 bridgehead atoms. The first-order valence-electron chi connectivity index (χ1n) is 7.53. The molecule has 0 radical (unpaired) electrons. The number of hydrogen-bond donors (Lipinski definition) is 2. The fourth-order valence-corrected chi connectivity index (χ4v) is 2.83. The number of nitrogens with zero attached hydrogens (tertiary/aromatic N) is 1. The topological polar surface area (TPSA) is 95.9 Å². The molecule has 2 atom stereocenters. The Morgan fingerprint density at radius 3 is 2.75 bits per heavy atom. The number of carboxylic acids is 1. The van der Waals surface area contributed by atoms with Gasteiger partial charge >= 0.3 is 5.97 Å².